The Morgan fingerprint density at radius 3 is 1.71 bits per heavy atom. The molecule has 4 heteroatoms. The summed E-state index contributed by atoms with van der Waals surface area (Å²) in [5.74, 6) is -0.241. The number of rotatable bonds is 0. The van der Waals surface area contributed by atoms with Crippen LogP contribution >= 0.6 is 0 Å². The van der Waals surface area contributed by atoms with Crippen LogP contribution in [0.3, 0.4) is 0 Å². The van der Waals surface area contributed by atoms with Gasteiger partial charge in [-0.15, -0.1) is 0 Å². The fourth-order valence-electron chi connectivity index (χ4n) is 2.00. The second kappa shape index (κ2) is 5.48. The van der Waals surface area contributed by atoms with E-state index in [4.69, 9.17) is 0 Å². The molecule has 90 valence electrons. The zero-order chi connectivity index (χ0) is 12.1. The van der Waals surface area contributed by atoms with Crippen LogP contribution in [0.2, 0.25) is 0 Å². The summed E-state index contributed by atoms with van der Waals surface area (Å²) < 4.78 is 0. The standard InChI is InChI=1S/C9H10.C4H6N2O2/c1-2-5-9-7-3-6-8(9)4-1;7-3-1-5-4(8)2-6-3/h1-2,4-5H,3,6-7H2;1-2H2,(H,5,8)(H,6,7). The van der Waals surface area contributed by atoms with Crippen LogP contribution in [0.4, 0.5) is 0 Å². The van der Waals surface area contributed by atoms with Gasteiger partial charge in [0.15, 0.2) is 0 Å². The van der Waals surface area contributed by atoms with Crippen molar-refractivity contribution in [3.05, 3.63) is 35.4 Å². The number of amides is 2. The van der Waals surface area contributed by atoms with Crippen LogP contribution in [0, 0.1) is 0 Å². The van der Waals surface area contributed by atoms with Gasteiger partial charge < -0.3 is 10.6 Å². The van der Waals surface area contributed by atoms with Gasteiger partial charge in [-0.3, -0.25) is 9.59 Å². The molecule has 4 nitrogen and oxygen atoms in total. The van der Waals surface area contributed by atoms with Crippen LogP contribution in [-0.2, 0) is 22.4 Å². The molecule has 0 spiro atoms. The number of carbonyl (C=O) groups is 2. The molecule has 0 unspecified atom stereocenters. The van der Waals surface area contributed by atoms with Crippen LogP contribution in [-0.4, -0.2) is 24.9 Å². The van der Waals surface area contributed by atoms with E-state index < -0.39 is 0 Å². The fourth-order valence-corrected chi connectivity index (χ4v) is 2.00. The fraction of sp³-hybridized carbons (Fsp3) is 0.385. The summed E-state index contributed by atoms with van der Waals surface area (Å²) >= 11 is 0. The van der Waals surface area contributed by atoms with Gasteiger partial charge >= 0.3 is 0 Å². The van der Waals surface area contributed by atoms with Crippen molar-refractivity contribution in [3.63, 3.8) is 0 Å². The first-order chi connectivity index (χ1) is 8.25. The minimum Gasteiger partial charge on any atom is -0.346 e. The third-order valence-electron chi connectivity index (χ3n) is 2.90. The maximum atomic E-state index is 10.3. The lowest BCUT2D eigenvalue weighted by molar-refractivity contribution is -0.130. The summed E-state index contributed by atoms with van der Waals surface area (Å²) in [6.07, 6.45) is 3.96. The molecule has 0 atom stereocenters. The van der Waals surface area contributed by atoms with Crippen molar-refractivity contribution in [1.29, 1.82) is 0 Å². The third kappa shape index (κ3) is 3.31. The van der Waals surface area contributed by atoms with Crippen molar-refractivity contribution in [3.8, 4) is 0 Å². The van der Waals surface area contributed by atoms with Gasteiger partial charge in [0.05, 0.1) is 13.1 Å². The summed E-state index contributed by atoms with van der Waals surface area (Å²) in [6.45, 7) is 0.248. The van der Waals surface area contributed by atoms with E-state index in [1.807, 2.05) is 0 Å². The number of piperazine rings is 1. The maximum absolute atomic E-state index is 10.3. The molecule has 2 N–H and O–H groups in total. The molecule has 1 aliphatic carbocycles. The lowest BCUT2D eigenvalue weighted by Crippen LogP contribution is -2.48. The second-order valence-electron chi connectivity index (χ2n) is 4.18. The second-order valence-corrected chi connectivity index (χ2v) is 4.18. The molecule has 2 aliphatic rings. The van der Waals surface area contributed by atoms with Gasteiger partial charge in [-0.05, 0) is 30.4 Å². The number of nitrogens with one attached hydrogen (secondary N) is 2. The number of hydrogen-bond acceptors (Lipinski definition) is 2. The first kappa shape index (κ1) is 11.6. The maximum Gasteiger partial charge on any atom is 0.239 e. The number of benzene rings is 1. The molecule has 0 radical (unpaired) electrons. The van der Waals surface area contributed by atoms with Crippen molar-refractivity contribution in [2.24, 2.45) is 0 Å². The smallest absolute Gasteiger partial charge is 0.239 e. The Morgan fingerprint density at radius 2 is 1.29 bits per heavy atom. The Morgan fingerprint density at radius 1 is 0.824 bits per heavy atom. The molecule has 17 heavy (non-hydrogen) atoms. The first-order valence-corrected chi connectivity index (χ1v) is 5.86. The number of carbonyl (C=O) groups excluding carboxylic acids is 2. The van der Waals surface area contributed by atoms with E-state index in [9.17, 15) is 9.59 Å². The topological polar surface area (TPSA) is 58.2 Å². The van der Waals surface area contributed by atoms with E-state index in [0.29, 0.717) is 0 Å². The summed E-state index contributed by atoms with van der Waals surface area (Å²) in [5, 5.41) is 4.76. The lowest BCUT2D eigenvalue weighted by Gasteiger charge is -2.10. The molecule has 2 amide bonds. The van der Waals surface area contributed by atoms with E-state index in [1.165, 1.54) is 19.3 Å². The average molecular weight is 232 g/mol. The molecule has 3 rings (SSSR count). The zero-order valence-electron chi connectivity index (χ0n) is 9.66. The van der Waals surface area contributed by atoms with Crippen LogP contribution in [0.25, 0.3) is 0 Å². The average Bonchev–Trinajstić information content (AvgIpc) is 2.82. The van der Waals surface area contributed by atoms with Crippen molar-refractivity contribution in [1.82, 2.24) is 10.6 Å². The van der Waals surface area contributed by atoms with Crippen molar-refractivity contribution >= 4 is 11.8 Å². The van der Waals surface area contributed by atoms with Gasteiger partial charge in [-0.25, -0.2) is 0 Å². The van der Waals surface area contributed by atoms with Crippen LogP contribution in [0.5, 0.6) is 0 Å². The van der Waals surface area contributed by atoms with E-state index in [1.54, 1.807) is 11.1 Å². The first-order valence-electron chi connectivity index (χ1n) is 5.86. The Balaban J connectivity index is 0.000000128. The highest BCUT2D eigenvalue weighted by Crippen LogP contribution is 2.20. The monoisotopic (exact) mass is 232 g/mol. The Hall–Kier alpha value is -1.84. The van der Waals surface area contributed by atoms with Gasteiger partial charge in [-0.2, -0.15) is 0 Å². The van der Waals surface area contributed by atoms with Crippen molar-refractivity contribution < 1.29 is 9.59 Å². The minimum atomic E-state index is -0.121. The molecule has 1 heterocycles. The van der Waals surface area contributed by atoms with Crippen LogP contribution in [0.1, 0.15) is 17.5 Å². The van der Waals surface area contributed by atoms with Gasteiger partial charge in [0, 0.05) is 0 Å². The summed E-state index contributed by atoms with van der Waals surface area (Å²) in [7, 11) is 0. The number of aryl methyl sites for hydroxylation is 2. The summed E-state index contributed by atoms with van der Waals surface area (Å²) in [6, 6.07) is 8.74. The summed E-state index contributed by atoms with van der Waals surface area (Å²) in [5.41, 5.74) is 3.13. The van der Waals surface area contributed by atoms with Gasteiger partial charge in [0.25, 0.3) is 0 Å². The molecule has 1 aromatic rings. The van der Waals surface area contributed by atoms with Gasteiger partial charge in [0.1, 0.15) is 0 Å². The van der Waals surface area contributed by atoms with Crippen molar-refractivity contribution in [2.75, 3.05) is 13.1 Å². The predicted octanol–water partition coefficient (Wildman–Crippen LogP) is 0.408. The summed E-state index contributed by atoms with van der Waals surface area (Å²) in [4.78, 5) is 20.6. The molecule has 0 saturated carbocycles. The molecule has 1 aromatic carbocycles. The normalized spacial score (nSPS) is 17.4. The molecule has 1 fully saturated rings. The lowest BCUT2D eigenvalue weighted by atomic mass is 10.1. The quantitative estimate of drug-likeness (QED) is 0.680. The van der Waals surface area contributed by atoms with Crippen LogP contribution in [0.15, 0.2) is 24.3 Å². The SMILES string of the molecule is O=C1CNC(=O)CN1.c1ccc2c(c1)CCC2. The Kier molecular flexibility index (Phi) is 3.75. The van der Waals surface area contributed by atoms with E-state index in [-0.39, 0.29) is 24.9 Å². The van der Waals surface area contributed by atoms with E-state index in [2.05, 4.69) is 34.9 Å². The Labute approximate surface area is 100 Å². The molecular weight excluding hydrogens is 216 g/mol. The Bertz CT molecular complexity index is 378. The number of hydrogen-bond donors (Lipinski definition) is 2. The highest BCUT2D eigenvalue weighted by Gasteiger charge is 2.11. The molecule has 0 bridgehead atoms. The van der Waals surface area contributed by atoms with E-state index in [0.717, 1.165) is 0 Å². The molecule has 0 aromatic heterocycles. The molecule has 1 aliphatic heterocycles. The number of fused-ring (bicyclic) bond motifs is 1. The van der Waals surface area contributed by atoms with E-state index >= 15 is 0 Å². The third-order valence-corrected chi connectivity index (χ3v) is 2.90. The van der Waals surface area contributed by atoms with Gasteiger partial charge in [-0.1, -0.05) is 24.3 Å². The highest BCUT2D eigenvalue weighted by molar-refractivity contribution is 5.92. The van der Waals surface area contributed by atoms with Gasteiger partial charge in [0.2, 0.25) is 11.8 Å². The zero-order valence-corrected chi connectivity index (χ0v) is 9.66. The minimum absolute atomic E-state index is 0.121. The molecule has 1 saturated heterocycles. The predicted molar refractivity (Wildman–Crippen MR) is 64.5 cm³/mol. The highest BCUT2D eigenvalue weighted by atomic mass is 16.2. The van der Waals surface area contributed by atoms with Crippen LogP contribution < -0.4 is 10.6 Å². The van der Waals surface area contributed by atoms with Crippen molar-refractivity contribution in [2.45, 2.75) is 19.3 Å². The molecular formula is C13H16N2O2. The largest absolute Gasteiger partial charge is 0.346 e.